The van der Waals surface area contributed by atoms with Gasteiger partial charge in [-0.3, -0.25) is 9.36 Å². The van der Waals surface area contributed by atoms with E-state index in [2.05, 4.69) is 23.2 Å². The molecule has 2 aromatic rings. The van der Waals surface area contributed by atoms with Gasteiger partial charge in [0.2, 0.25) is 0 Å². The van der Waals surface area contributed by atoms with Crippen LogP contribution in [0.1, 0.15) is 22.9 Å². The highest BCUT2D eigenvalue weighted by Gasteiger charge is 2.26. The number of benzene rings is 1. The maximum Gasteiger partial charge on any atom is 0.254 e. The molecule has 18 heavy (non-hydrogen) atoms. The Labute approximate surface area is 110 Å². The normalized spacial score (nSPS) is 17.1. The van der Waals surface area contributed by atoms with E-state index in [4.69, 9.17) is 11.6 Å². The van der Waals surface area contributed by atoms with Crippen molar-refractivity contribution in [2.45, 2.75) is 25.8 Å². The molecule has 3 nitrogen and oxygen atoms in total. The molecule has 0 N–H and O–H groups in total. The molecular weight excluding hydrogens is 248 g/mol. The summed E-state index contributed by atoms with van der Waals surface area (Å²) >= 11 is 5.76. The van der Waals surface area contributed by atoms with Crippen LogP contribution in [0.15, 0.2) is 35.1 Å². The Hall–Kier alpha value is -1.61. The molecule has 0 saturated carbocycles. The topological polar surface area (TPSA) is 34.9 Å². The lowest BCUT2D eigenvalue weighted by Gasteiger charge is -2.30. The molecule has 4 heteroatoms. The number of hydrogen-bond donors (Lipinski definition) is 0. The standard InChI is InChI=1S/C14H13ClN2O/c1-9-16-13(15)7-14(18)17(9)8-11-6-10-4-2-3-5-12(10)11/h2-5,7,11H,6,8H2,1H3. The van der Waals surface area contributed by atoms with E-state index in [1.807, 2.05) is 13.0 Å². The molecule has 0 spiro atoms. The maximum absolute atomic E-state index is 11.9. The maximum atomic E-state index is 11.9. The summed E-state index contributed by atoms with van der Waals surface area (Å²) in [5.41, 5.74) is 2.66. The molecule has 1 aromatic heterocycles. The largest absolute Gasteiger partial charge is 0.296 e. The van der Waals surface area contributed by atoms with Crippen molar-refractivity contribution in [1.82, 2.24) is 9.55 Å². The second-order valence-corrected chi connectivity index (χ2v) is 5.06. The number of rotatable bonds is 2. The third-order valence-corrected chi connectivity index (χ3v) is 3.73. The van der Waals surface area contributed by atoms with Gasteiger partial charge in [-0.05, 0) is 24.5 Å². The number of aryl methyl sites for hydroxylation is 1. The summed E-state index contributed by atoms with van der Waals surface area (Å²) in [4.78, 5) is 16.0. The predicted octanol–water partition coefficient (Wildman–Crippen LogP) is 2.55. The monoisotopic (exact) mass is 260 g/mol. The molecule has 1 atom stereocenters. The van der Waals surface area contributed by atoms with Gasteiger partial charge in [0.25, 0.3) is 5.56 Å². The summed E-state index contributed by atoms with van der Waals surface area (Å²) in [6, 6.07) is 9.74. The lowest BCUT2D eigenvalue weighted by atomic mass is 9.77. The van der Waals surface area contributed by atoms with Crippen LogP contribution in [0, 0.1) is 6.92 Å². The summed E-state index contributed by atoms with van der Waals surface area (Å²) in [6.07, 6.45) is 1.03. The molecule has 0 saturated heterocycles. The fraction of sp³-hybridized carbons (Fsp3) is 0.286. The molecule has 0 amide bonds. The van der Waals surface area contributed by atoms with Crippen LogP contribution in [0.4, 0.5) is 0 Å². The Kier molecular flexibility index (Phi) is 2.71. The van der Waals surface area contributed by atoms with Gasteiger partial charge in [-0.1, -0.05) is 35.9 Å². The predicted molar refractivity (Wildman–Crippen MR) is 71.1 cm³/mol. The molecule has 0 bridgehead atoms. The van der Waals surface area contributed by atoms with Gasteiger partial charge in [0.1, 0.15) is 11.0 Å². The van der Waals surface area contributed by atoms with E-state index in [-0.39, 0.29) is 10.7 Å². The zero-order valence-corrected chi connectivity index (χ0v) is 10.8. The highest BCUT2D eigenvalue weighted by molar-refractivity contribution is 6.29. The molecular formula is C14H13ClN2O. The molecule has 1 aliphatic rings. The Morgan fingerprint density at radius 3 is 2.94 bits per heavy atom. The highest BCUT2D eigenvalue weighted by Crippen LogP contribution is 2.35. The number of halogens is 1. The molecule has 3 rings (SSSR count). The summed E-state index contributed by atoms with van der Waals surface area (Å²) in [5, 5.41) is 0.266. The number of fused-ring (bicyclic) bond motifs is 1. The van der Waals surface area contributed by atoms with Crippen molar-refractivity contribution in [2.24, 2.45) is 0 Å². The van der Waals surface area contributed by atoms with Gasteiger partial charge in [0, 0.05) is 18.5 Å². The van der Waals surface area contributed by atoms with Crippen LogP contribution in [-0.2, 0) is 13.0 Å². The van der Waals surface area contributed by atoms with Crippen molar-refractivity contribution in [3.05, 3.63) is 62.8 Å². The average molecular weight is 261 g/mol. The van der Waals surface area contributed by atoms with Gasteiger partial charge in [-0.15, -0.1) is 0 Å². The van der Waals surface area contributed by atoms with E-state index >= 15 is 0 Å². The van der Waals surface area contributed by atoms with E-state index in [1.54, 1.807) is 4.57 Å². The van der Waals surface area contributed by atoms with E-state index in [1.165, 1.54) is 17.2 Å². The number of hydrogen-bond acceptors (Lipinski definition) is 2. The summed E-state index contributed by atoms with van der Waals surface area (Å²) in [7, 11) is 0. The lowest BCUT2D eigenvalue weighted by molar-refractivity contribution is 0.485. The first-order chi connectivity index (χ1) is 8.65. The van der Waals surface area contributed by atoms with Crippen molar-refractivity contribution in [3.63, 3.8) is 0 Å². The van der Waals surface area contributed by atoms with Gasteiger partial charge in [0.05, 0.1) is 0 Å². The van der Waals surface area contributed by atoms with Crippen LogP contribution in [0.25, 0.3) is 0 Å². The molecule has 0 radical (unpaired) electrons. The highest BCUT2D eigenvalue weighted by atomic mass is 35.5. The van der Waals surface area contributed by atoms with Gasteiger partial charge in [0.15, 0.2) is 0 Å². The van der Waals surface area contributed by atoms with Gasteiger partial charge in [-0.2, -0.15) is 0 Å². The van der Waals surface area contributed by atoms with Crippen LogP contribution in [0.2, 0.25) is 5.15 Å². The van der Waals surface area contributed by atoms with Gasteiger partial charge >= 0.3 is 0 Å². The first-order valence-corrected chi connectivity index (χ1v) is 6.35. The van der Waals surface area contributed by atoms with Gasteiger partial charge < -0.3 is 0 Å². The number of aromatic nitrogens is 2. The van der Waals surface area contributed by atoms with Crippen LogP contribution < -0.4 is 5.56 Å². The Balaban J connectivity index is 1.90. The average Bonchev–Trinajstić information content (AvgIpc) is 2.28. The minimum Gasteiger partial charge on any atom is -0.296 e. The molecule has 0 fully saturated rings. The fourth-order valence-corrected chi connectivity index (χ4v) is 2.77. The van der Waals surface area contributed by atoms with E-state index in [0.29, 0.717) is 18.3 Å². The zero-order chi connectivity index (χ0) is 12.7. The first-order valence-electron chi connectivity index (χ1n) is 5.97. The van der Waals surface area contributed by atoms with Crippen molar-refractivity contribution < 1.29 is 0 Å². The lowest BCUT2D eigenvalue weighted by Crippen LogP contribution is -2.30. The number of nitrogens with zero attached hydrogens (tertiary/aromatic N) is 2. The van der Waals surface area contributed by atoms with Crippen molar-refractivity contribution >= 4 is 11.6 Å². The quantitative estimate of drug-likeness (QED) is 0.778. The molecule has 1 aliphatic carbocycles. The minimum atomic E-state index is -0.0723. The molecule has 1 aromatic carbocycles. The van der Waals surface area contributed by atoms with Crippen LogP contribution >= 0.6 is 11.6 Å². The third kappa shape index (κ3) is 1.85. The zero-order valence-electron chi connectivity index (χ0n) is 10.1. The summed E-state index contributed by atoms with van der Waals surface area (Å²) in [5.74, 6) is 1.09. The summed E-state index contributed by atoms with van der Waals surface area (Å²) < 4.78 is 1.70. The van der Waals surface area contributed by atoms with Crippen LogP contribution in [0.5, 0.6) is 0 Å². The summed E-state index contributed by atoms with van der Waals surface area (Å²) in [6.45, 7) is 2.50. The molecule has 0 aliphatic heterocycles. The van der Waals surface area contributed by atoms with E-state index < -0.39 is 0 Å². The molecule has 1 heterocycles. The SMILES string of the molecule is Cc1nc(Cl)cc(=O)n1CC1Cc2ccccc21. The van der Waals surface area contributed by atoms with Crippen LogP contribution in [0.3, 0.4) is 0 Å². The second-order valence-electron chi connectivity index (χ2n) is 4.67. The van der Waals surface area contributed by atoms with E-state index in [9.17, 15) is 4.79 Å². The minimum absolute atomic E-state index is 0.0723. The molecule has 1 unspecified atom stereocenters. The van der Waals surface area contributed by atoms with Crippen molar-refractivity contribution in [1.29, 1.82) is 0 Å². The van der Waals surface area contributed by atoms with Crippen LogP contribution in [-0.4, -0.2) is 9.55 Å². The fourth-order valence-electron chi connectivity index (χ4n) is 2.55. The van der Waals surface area contributed by atoms with Crippen molar-refractivity contribution in [2.75, 3.05) is 0 Å². The van der Waals surface area contributed by atoms with E-state index in [0.717, 1.165) is 6.42 Å². The first kappa shape index (κ1) is 11.5. The van der Waals surface area contributed by atoms with Gasteiger partial charge in [-0.25, -0.2) is 4.98 Å². The molecule has 92 valence electrons. The Morgan fingerprint density at radius 2 is 2.22 bits per heavy atom. The third-order valence-electron chi connectivity index (χ3n) is 3.53. The smallest absolute Gasteiger partial charge is 0.254 e. The second kappa shape index (κ2) is 4.25. The van der Waals surface area contributed by atoms with Crippen molar-refractivity contribution in [3.8, 4) is 0 Å². The Morgan fingerprint density at radius 1 is 1.44 bits per heavy atom. The Bertz CT molecular complexity index is 663.